The average Bonchev–Trinajstić information content (AvgIpc) is 2.94. The Hall–Kier alpha value is -1.63. The van der Waals surface area contributed by atoms with Gasteiger partial charge in [-0.15, -0.1) is 0 Å². The summed E-state index contributed by atoms with van der Waals surface area (Å²) in [7, 11) is -1.32. The molecule has 1 aromatic heterocycles. The second kappa shape index (κ2) is 6.47. The molecule has 3 rings (SSSR count). The summed E-state index contributed by atoms with van der Waals surface area (Å²) in [4.78, 5) is 14.5. The molecule has 0 radical (unpaired) electrons. The Kier molecular flexibility index (Phi) is 4.57. The van der Waals surface area contributed by atoms with Crippen LogP contribution in [0.2, 0.25) is 0 Å². The number of amides is 1. The van der Waals surface area contributed by atoms with Gasteiger partial charge in [-0.05, 0) is 25.7 Å². The van der Waals surface area contributed by atoms with Gasteiger partial charge < -0.3 is 4.90 Å². The molecule has 1 aromatic rings. The van der Waals surface area contributed by atoms with Gasteiger partial charge in [0.05, 0.1) is 23.7 Å². The standard InChI is InChI=1S/C16H23N3O3S/c1-18-11-14(10-17-18)15-12-23(21,22)8-7-19(15)16(20)9-13-5-3-2-4-6-13/h5,10-11,15H,2-4,6-9,12H2,1H3/t15-/m0/s1. The summed E-state index contributed by atoms with van der Waals surface area (Å²) in [6.45, 7) is 0.272. The first-order valence-electron chi connectivity index (χ1n) is 8.11. The predicted octanol–water partition coefficient (Wildman–Crippen LogP) is 1.61. The van der Waals surface area contributed by atoms with Crippen molar-refractivity contribution < 1.29 is 13.2 Å². The third-order valence-electron chi connectivity index (χ3n) is 4.62. The van der Waals surface area contributed by atoms with Crippen LogP contribution in [0.15, 0.2) is 24.0 Å². The van der Waals surface area contributed by atoms with E-state index >= 15 is 0 Å². The molecule has 0 bridgehead atoms. The van der Waals surface area contributed by atoms with Crippen LogP contribution in [0.5, 0.6) is 0 Å². The van der Waals surface area contributed by atoms with Crippen LogP contribution < -0.4 is 0 Å². The lowest BCUT2D eigenvalue weighted by Gasteiger charge is -2.35. The summed E-state index contributed by atoms with van der Waals surface area (Å²) in [5, 5.41) is 4.12. The van der Waals surface area contributed by atoms with Crippen molar-refractivity contribution in [1.29, 1.82) is 0 Å². The molecule has 23 heavy (non-hydrogen) atoms. The normalized spacial score (nSPS) is 24.3. The predicted molar refractivity (Wildman–Crippen MR) is 87.5 cm³/mol. The van der Waals surface area contributed by atoms with E-state index in [0.717, 1.165) is 24.8 Å². The van der Waals surface area contributed by atoms with Crippen molar-refractivity contribution >= 4 is 15.7 Å². The quantitative estimate of drug-likeness (QED) is 0.786. The smallest absolute Gasteiger partial charge is 0.227 e. The molecule has 1 fully saturated rings. The van der Waals surface area contributed by atoms with Gasteiger partial charge in [0.25, 0.3) is 0 Å². The Morgan fingerprint density at radius 3 is 2.87 bits per heavy atom. The highest BCUT2D eigenvalue weighted by Gasteiger charge is 2.35. The minimum atomic E-state index is -3.12. The molecule has 1 amide bonds. The molecule has 1 aliphatic heterocycles. The Morgan fingerprint density at radius 2 is 2.22 bits per heavy atom. The highest BCUT2D eigenvalue weighted by Crippen LogP contribution is 2.29. The van der Waals surface area contributed by atoms with E-state index in [4.69, 9.17) is 0 Å². The molecule has 1 atom stereocenters. The summed E-state index contributed by atoms with van der Waals surface area (Å²) < 4.78 is 25.7. The third kappa shape index (κ3) is 3.83. The maximum Gasteiger partial charge on any atom is 0.227 e. The summed E-state index contributed by atoms with van der Waals surface area (Å²) in [5.74, 6) is 0.0693. The van der Waals surface area contributed by atoms with Crippen molar-refractivity contribution in [2.75, 3.05) is 18.1 Å². The Labute approximate surface area is 137 Å². The summed E-state index contributed by atoms with van der Waals surface area (Å²) in [6.07, 6.45) is 10.4. The van der Waals surface area contributed by atoms with Gasteiger partial charge in [-0.25, -0.2) is 8.42 Å². The van der Waals surface area contributed by atoms with Gasteiger partial charge >= 0.3 is 0 Å². The minimum absolute atomic E-state index is 0.0104. The molecule has 0 aromatic carbocycles. The van der Waals surface area contributed by atoms with E-state index in [2.05, 4.69) is 11.2 Å². The van der Waals surface area contributed by atoms with Crippen molar-refractivity contribution in [2.24, 2.45) is 7.05 Å². The summed E-state index contributed by atoms with van der Waals surface area (Å²) >= 11 is 0. The zero-order valence-electron chi connectivity index (χ0n) is 13.4. The first-order chi connectivity index (χ1) is 10.9. The van der Waals surface area contributed by atoms with Crippen molar-refractivity contribution in [3.05, 3.63) is 29.6 Å². The molecule has 6 nitrogen and oxygen atoms in total. The molecule has 7 heteroatoms. The van der Waals surface area contributed by atoms with Gasteiger partial charge in [0.2, 0.25) is 5.91 Å². The lowest BCUT2D eigenvalue weighted by Crippen LogP contribution is -2.46. The maximum atomic E-state index is 12.7. The van der Waals surface area contributed by atoms with Crippen molar-refractivity contribution in [2.45, 2.75) is 38.1 Å². The molecule has 2 heterocycles. The van der Waals surface area contributed by atoms with Crippen LogP contribution >= 0.6 is 0 Å². The summed E-state index contributed by atoms with van der Waals surface area (Å²) in [5.41, 5.74) is 1.99. The van der Waals surface area contributed by atoms with Gasteiger partial charge in [0.15, 0.2) is 9.84 Å². The van der Waals surface area contributed by atoms with E-state index in [-0.39, 0.29) is 24.0 Å². The fraction of sp³-hybridized carbons (Fsp3) is 0.625. The van der Waals surface area contributed by atoms with E-state index in [9.17, 15) is 13.2 Å². The molecule has 1 aliphatic carbocycles. The molecule has 126 valence electrons. The number of nitrogens with zero attached hydrogens (tertiary/aromatic N) is 3. The van der Waals surface area contributed by atoms with Crippen LogP contribution in [0.1, 0.15) is 43.7 Å². The number of aryl methyl sites for hydroxylation is 1. The third-order valence-corrected chi connectivity index (χ3v) is 6.25. The first kappa shape index (κ1) is 16.2. The van der Waals surface area contributed by atoms with E-state index < -0.39 is 15.9 Å². The maximum absolute atomic E-state index is 12.7. The van der Waals surface area contributed by atoms with Crippen LogP contribution in [0.25, 0.3) is 0 Å². The van der Waals surface area contributed by atoms with Crippen LogP contribution in [-0.4, -0.2) is 47.1 Å². The number of hydrogen-bond donors (Lipinski definition) is 0. The molecule has 0 saturated carbocycles. The van der Waals surface area contributed by atoms with Gasteiger partial charge in [-0.1, -0.05) is 11.6 Å². The van der Waals surface area contributed by atoms with Gasteiger partial charge in [-0.2, -0.15) is 5.10 Å². The zero-order chi connectivity index (χ0) is 16.4. The number of rotatable bonds is 3. The Bertz CT molecular complexity index is 721. The molecule has 0 unspecified atom stereocenters. The highest BCUT2D eigenvalue weighted by atomic mass is 32.2. The highest BCUT2D eigenvalue weighted by molar-refractivity contribution is 7.91. The van der Waals surface area contributed by atoms with Crippen molar-refractivity contribution in [1.82, 2.24) is 14.7 Å². The number of sulfone groups is 1. The zero-order valence-corrected chi connectivity index (χ0v) is 14.3. The van der Waals surface area contributed by atoms with Gasteiger partial charge in [-0.3, -0.25) is 9.48 Å². The van der Waals surface area contributed by atoms with Crippen LogP contribution in [0.3, 0.4) is 0 Å². The van der Waals surface area contributed by atoms with E-state index in [0.29, 0.717) is 6.42 Å². The lowest BCUT2D eigenvalue weighted by atomic mass is 9.96. The van der Waals surface area contributed by atoms with Crippen LogP contribution in [-0.2, 0) is 21.7 Å². The van der Waals surface area contributed by atoms with Gasteiger partial charge in [0, 0.05) is 31.8 Å². The topological polar surface area (TPSA) is 72.3 Å². The van der Waals surface area contributed by atoms with E-state index in [1.54, 1.807) is 29.0 Å². The monoisotopic (exact) mass is 337 g/mol. The second-order valence-corrected chi connectivity index (χ2v) is 8.68. The van der Waals surface area contributed by atoms with Crippen LogP contribution in [0, 0.1) is 0 Å². The average molecular weight is 337 g/mol. The number of hydrogen-bond acceptors (Lipinski definition) is 4. The SMILES string of the molecule is Cn1cc([C@@H]2CS(=O)(=O)CCN2C(=O)CC2=CCCCC2)cn1. The molecule has 2 aliphatic rings. The van der Waals surface area contributed by atoms with Crippen molar-refractivity contribution in [3.63, 3.8) is 0 Å². The first-order valence-corrected chi connectivity index (χ1v) is 9.93. The number of carbonyl (C=O) groups excluding carboxylic acids is 1. The summed E-state index contributed by atoms with van der Waals surface area (Å²) in [6, 6.07) is -0.417. The lowest BCUT2D eigenvalue weighted by molar-refractivity contribution is -0.132. The Balaban J connectivity index is 1.80. The van der Waals surface area contributed by atoms with Crippen molar-refractivity contribution in [3.8, 4) is 0 Å². The number of allylic oxidation sites excluding steroid dienone is 1. The molecule has 0 N–H and O–H groups in total. The number of aromatic nitrogens is 2. The largest absolute Gasteiger partial charge is 0.333 e. The fourth-order valence-electron chi connectivity index (χ4n) is 3.35. The Morgan fingerprint density at radius 1 is 1.39 bits per heavy atom. The van der Waals surface area contributed by atoms with Gasteiger partial charge in [0.1, 0.15) is 0 Å². The number of carbonyl (C=O) groups is 1. The molecular weight excluding hydrogens is 314 g/mol. The molecule has 1 saturated heterocycles. The van der Waals surface area contributed by atoms with Crippen LogP contribution in [0.4, 0.5) is 0 Å². The second-order valence-electron chi connectivity index (χ2n) is 6.45. The van der Waals surface area contributed by atoms with E-state index in [1.165, 1.54) is 12.0 Å². The fourth-order valence-corrected chi connectivity index (χ4v) is 4.85. The molecular formula is C16H23N3O3S. The molecule has 0 spiro atoms. The van der Waals surface area contributed by atoms with E-state index in [1.807, 2.05) is 0 Å². The minimum Gasteiger partial charge on any atom is -0.333 e.